The van der Waals surface area contributed by atoms with Gasteiger partial charge in [0.1, 0.15) is 35.1 Å². The molecular formula is C40H52Cl2N4O10. The van der Waals surface area contributed by atoms with E-state index in [9.17, 15) is 24.3 Å². The number of hydrogen-bond donors (Lipinski definition) is 3. The van der Waals surface area contributed by atoms with E-state index in [1.165, 1.54) is 56.2 Å². The van der Waals surface area contributed by atoms with Crippen molar-refractivity contribution >= 4 is 58.5 Å². The van der Waals surface area contributed by atoms with Crippen LogP contribution in [0.3, 0.4) is 0 Å². The standard InChI is InChI=1S/C40H52Cl2N4O10/c1-22-11-10-12-32(53-9)40(51)20-31(55-38(50)44-40)23(2)21-54-39(4,5)33(19-34(47)46(7)29-16-25(15-22)17-30(52-8)35(29)42)56-37(49)24(3)45(6)36(48)27-14-13-26(43)18-28(27)41/h10-14,16-18,23-24,31-33,51H,15,19-21,43H2,1-9H3,(H,44,50)/b12-10+,22-11+/t23-,24-,31?,32+,33-,40-/m0/s1. The Morgan fingerprint density at radius 3 is 2.50 bits per heavy atom. The number of carbonyl (C=O) groups is 4. The normalized spacial score (nSPS) is 26.7. The zero-order chi connectivity index (χ0) is 41.7. The average molecular weight is 820 g/mol. The number of rotatable bonds is 6. The largest absolute Gasteiger partial charge is 0.495 e. The third-order valence-electron chi connectivity index (χ3n) is 10.2. The number of allylic oxidation sites excluding steroid dienone is 3. The average Bonchev–Trinajstić information content (AvgIpc) is 3.13. The van der Waals surface area contributed by atoms with Crippen molar-refractivity contribution in [2.24, 2.45) is 5.92 Å². The minimum Gasteiger partial charge on any atom is -0.495 e. The van der Waals surface area contributed by atoms with Crippen LogP contribution in [0.25, 0.3) is 0 Å². The molecule has 1 unspecified atom stereocenters. The van der Waals surface area contributed by atoms with Gasteiger partial charge in [-0.2, -0.15) is 0 Å². The quantitative estimate of drug-likeness (QED) is 0.241. The van der Waals surface area contributed by atoms with E-state index < -0.39 is 65.5 Å². The number of anilines is 2. The predicted octanol–water partition coefficient (Wildman–Crippen LogP) is 5.70. The number of methoxy groups -OCH3 is 2. The summed E-state index contributed by atoms with van der Waals surface area (Å²) in [5.74, 6) is -1.97. The molecule has 0 radical (unpaired) electrons. The first-order chi connectivity index (χ1) is 26.2. The highest BCUT2D eigenvalue weighted by Crippen LogP contribution is 2.38. The minimum absolute atomic E-state index is 0.0385. The number of alkyl carbamates (subject to hydrolysis) is 1. The summed E-state index contributed by atoms with van der Waals surface area (Å²) in [5, 5.41) is 14.5. The molecule has 1 saturated heterocycles. The van der Waals surface area contributed by atoms with E-state index in [2.05, 4.69) is 5.32 Å². The molecule has 2 aliphatic heterocycles. The van der Waals surface area contributed by atoms with E-state index in [1.807, 2.05) is 13.0 Å². The molecule has 4 bridgehead atoms. The third kappa shape index (κ3) is 10.3. The number of aliphatic hydroxyl groups is 1. The minimum atomic E-state index is -1.82. The molecule has 2 aromatic rings. The van der Waals surface area contributed by atoms with Crippen molar-refractivity contribution in [3.8, 4) is 5.75 Å². The van der Waals surface area contributed by atoms with Crippen LogP contribution in [-0.2, 0) is 35.0 Å². The van der Waals surface area contributed by atoms with Crippen molar-refractivity contribution < 1.29 is 48.0 Å². The van der Waals surface area contributed by atoms with Crippen LogP contribution in [-0.4, -0.2) is 104 Å². The fourth-order valence-electron chi connectivity index (χ4n) is 6.39. The Morgan fingerprint density at radius 2 is 1.86 bits per heavy atom. The van der Waals surface area contributed by atoms with Gasteiger partial charge in [-0.1, -0.05) is 53.9 Å². The number of fused-ring (bicyclic) bond motifs is 4. The van der Waals surface area contributed by atoms with Gasteiger partial charge in [0.25, 0.3) is 5.91 Å². The number of nitrogen functional groups attached to an aromatic ring is 1. The Morgan fingerprint density at radius 1 is 1.16 bits per heavy atom. The summed E-state index contributed by atoms with van der Waals surface area (Å²) < 4.78 is 29.2. The molecule has 3 amide bonds. The lowest BCUT2D eigenvalue weighted by Gasteiger charge is -2.42. The van der Waals surface area contributed by atoms with Gasteiger partial charge < -0.3 is 44.3 Å². The van der Waals surface area contributed by atoms with E-state index in [1.54, 1.807) is 52.1 Å². The zero-order valence-electron chi connectivity index (χ0n) is 33.2. The predicted molar refractivity (Wildman–Crippen MR) is 213 cm³/mol. The molecule has 2 aromatic carbocycles. The second kappa shape index (κ2) is 18.3. The lowest BCUT2D eigenvalue weighted by molar-refractivity contribution is -0.181. The van der Waals surface area contributed by atoms with Gasteiger partial charge in [0.15, 0.2) is 5.72 Å². The second-order valence-corrected chi connectivity index (χ2v) is 15.6. The summed E-state index contributed by atoms with van der Waals surface area (Å²) >= 11 is 13.1. The first-order valence-electron chi connectivity index (χ1n) is 18.1. The van der Waals surface area contributed by atoms with E-state index >= 15 is 0 Å². The number of ether oxygens (including phenoxy) is 5. The van der Waals surface area contributed by atoms with Gasteiger partial charge in [-0.3, -0.25) is 14.9 Å². The molecule has 16 heteroatoms. The van der Waals surface area contributed by atoms with Crippen molar-refractivity contribution in [3.63, 3.8) is 0 Å². The van der Waals surface area contributed by atoms with Gasteiger partial charge in [0.2, 0.25) is 5.91 Å². The van der Waals surface area contributed by atoms with Crippen molar-refractivity contribution in [2.75, 3.05) is 45.6 Å². The van der Waals surface area contributed by atoms with Crippen molar-refractivity contribution in [1.29, 1.82) is 0 Å². The molecule has 2 heterocycles. The van der Waals surface area contributed by atoms with Crippen LogP contribution >= 0.6 is 23.2 Å². The number of hydrogen-bond acceptors (Lipinski definition) is 11. The number of nitrogens with one attached hydrogen (secondary N) is 1. The molecule has 14 nitrogen and oxygen atoms in total. The maximum Gasteiger partial charge on any atom is 0.409 e. The zero-order valence-corrected chi connectivity index (χ0v) is 34.7. The summed E-state index contributed by atoms with van der Waals surface area (Å²) in [4.78, 5) is 56.7. The second-order valence-electron chi connectivity index (χ2n) is 14.9. The van der Waals surface area contributed by atoms with E-state index in [0.29, 0.717) is 23.5 Å². The van der Waals surface area contributed by atoms with Gasteiger partial charge in [0, 0.05) is 39.2 Å². The number of benzene rings is 2. The van der Waals surface area contributed by atoms with Gasteiger partial charge in [0.05, 0.1) is 42.0 Å². The Labute approximate surface area is 337 Å². The fourth-order valence-corrected chi connectivity index (χ4v) is 6.97. The number of halogens is 2. The summed E-state index contributed by atoms with van der Waals surface area (Å²) in [7, 11) is 5.89. The van der Waals surface area contributed by atoms with Crippen LogP contribution in [0, 0.1) is 5.92 Å². The highest BCUT2D eigenvalue weighted by molar-refractivity contribution is 6.35. The fraction of sp³-hybridized carbons (Fsp3) is 0.500. The molecule has 0 saturated carbocycles. The SMILES string of the molecule is COc1cc2cc(c1Cl)N(C)C(=O)C[C@H](OC(=O)[C@H](C)N(C)C(=O)c1ccc(N)cc1Cl)C(C)(C)OC[C@H](C)C1C[C@@](O)(NC(=O)O1)[C@H](OC)/C=C/C=C(\C)C2. The molecule has 0 aliphatic carbocycles. The lowest BCUT2D eigenvalue weighted by atomic mass is 9.90. The summed E-state index contributed by atoms with van der Waals surface area (Å²) in [6, 6.07) is 6.85. The first-order valence-corrected chi connectivity index (χ1v) is 18.8. The third-order valence-corrected chi connectivity index (χ3v) is 10.9. The van der Waals surface area contributed by atoms with Gasteiger partial charge in [-0.05, 0) is 70.0 Å². The number of likely N-dealkylation sites (N-methyl/N-ethyl adjacent to an activating group) is 1. The Kier molecular flexibility index (Phi) is 14.5. The van der Waals surface area contributed by atoms with E-state index in [-0.39, 0.29) is 35.1 Å². The van der Waals surface area contributed by atoms with Crippen molar-refractivity contribution in [2.45, 2.75) is 89.6 Å². The smallest absolute Gasteiger partial charge is 0.409 e. The van der Waals surface area contributed by atoms with Gasteiger partial charge in [-0.25, -0.2) is 9.59 Å². The number of amides is 3. The molecule has 306 valence electrons. The van der Waals surface area contributed by atoms with Crippen LogP contribution in [0.4, 0.5) is 16.2 Å². The lowest BCUT2D eigenvalue weighted by Crippen LogP contribution is -2.63. The Balaban J connectivity index is 1.73. The first kappa shape index (κ1) is 44.4. The molecule has 2 aliphatic rings. The summed E-state index contributed by atoms with van der Waals surface area (Å²) in [6.07, 6.45) is 1.46. The number of esters is 1. The molecular weight excluding hydrogens is 767 g/mol. The van der Waals surface area contributed by atoms with Crippen LogP contribution < -0.4 is 20.7 Å². The number of nitrogens with two attached hydrogens (primary N) is 1. The molecule has 56 heavy (non-hydrogen) atoms. The summed E-state index contributed by atoms with van der Waals surface area (Å²) in [5.41, 5.74) is 5.21. The highest BCUT2D eigenvalue weighted by atomic mass is 35.5. The van der Waals surface area contributed by atoms with Crippen molar-refractivity contribution in [3.05, 3.63) is 75.3 Å². The summed E-state index contributed by atoms with van der Waals surface area (Å²) in [6.45, 7) is 8.46. The van der Waals surface area contributed by atoms with Crippen LogP contribution in [0.1, 0.15) is 63.4 Å². The van der Waals surface area contributed by atoms with Crippen LogP contribution in [0.5, 0.6) is 5.75 Å². The topological polar surface area (TPSA) is 179 Å². The molecule has 0 aromatic heterocycles. The Bertz CT molecular complexity index is 1870. The van der Waals surface area contributed by atoms with E-state index in [0.717, 1.165) is 11.1 Å². The molecule has 4 N–H and O–H groups in total. The highest BCUT2D eigenvalue weighted by Gasteiger charge is 2.47. The maximum atomic E-state index is 14.2. The number of carbonyl (C=O) groups excluding carboxylic acids is 4. The monoisotopic (exact) mass is 818 g/mol. The Hall–Kier alpha value is -4.34. The van der Waals surface area contributed by atoms with Crippen molar-refractivity contribution in [1.82, 2.24) is 10.2 Å². The molecule has 1 fully saturated rings. The van der Waals surface area contributed by atoms with Crippen LogP contribution in [0.2, 0.25) is 10.0 Å². The molecule has 4 rings (SSSR count). The maximum absolute atomic E-state index is 14.2. The van der Waals surface area contributed by atoms with Gasteiger partial charge >= 0.3 is 12.1 Å². The van der Waals surface area contributed by atoms with Crippen LogP contribution in [0.15, 0.2) is 54.1 Å². The van der Waals surface area contributed by atoms with E-state index in [4.69, 9.17) is 52.6 Å². The number of nitrogens with zero attached hydrogens (tertiary/aromatic N) is 2. The molecule has 0 spiro atoms. The van der Waals surface area contributed by atoms with Gasteiger partial charge in [-0.15, -0.1) is 0 Å². The molecule has 6 atom stereocenters.